The second-order valence-electron chi connectivity index (χ2n) is 5.96. The Morgan fingerprint density at radius 2 is 1.79 bits per heavy atom. The highest BCUT2D eigenvalue weighted by Crippen LogP contribution is 2.28. The molecule has 1 aromatic carbocycles. The third kappa shape index (κ3) is 5.15. The topological polar surface area (TPSA) is 67.9 Å². The van der Waals surface area contributed by atoms with Crippen LogP contribution in [0.15, 0.2) is 18.2 Å². The van der Waals surface area contributed by atoms with Crippen LogP contribution in [-0.2, 0) is 16.1 Å². The smallest absolute Gasteiger partial charge is 0.245 e. The van der Waals surface area contributed by atoms with Gasteiger partial charge in [0.05, 0.1) is 14.2 Å². The third-order valence-corrected chi connectivity index (χ3v) is 3.81. The molecule has 0 aliphatic rings. The summed E-state index contributed by atoms with van der Waals surface area (Å²) in [5, 5.41) is 2.75. The highest BCUT2D eigenvalue weighted by molar-refractivity contribution is 5.87. The zero-order valence-electron chi connectivity index (χ0n) is 15.4. The van der Waals surface area contributed by atoms with Gasteiger partial charge in [-0.15, -0.1) is 0 Å². The van der Waals surface area contributed by atoms with Gasteiger partial charge >= 0.3 is 0 Å². The summed E-state index contributed by atoms with van der Waals surface area (Å²) in [5.74, 6) is 0.997. The molecule has 0 aliphatic heterocycles. The SMILES string of the molecule is CCN(Cc1ccc(OC)c(OC)c1)C(=O)C(NC(C)=O)C(C)C. The van der Waals surface area contributed by atoms with E-state index in [1.165, 1.54) is 6.92 Å². The van der Waals surface area contributed by atoms with Crippen molar-refractivity contribution >= 4 is 11.8 Å². The molecule has 24 heavy (non-hydrogen) atoms. The molecule has 0 aromatic heterocycles. The van der Waals surface area contributed by atoms with Gasteiger partial charge in [-0.3, -0.25) is 9.59 Å². The monoisotopic (exact) mass is 336 g/mol. The first-order chi connectivity index (χ1) is 11.3. The van der Waals surface area contributed by atoms with Crippen molar-refractivity contribution in [3.63, 3.8) is 0 Å². The van der Waals surface area contributed by atoms with Crippen molar-refractivity contribution < 1.29 is 19.1 Å². The van der Waals surface area contributed by atoms with Crippen molar-refractivity contribution in [1.82, 2.24) is 10.2 Å². The standard InChI is InChI=1S/C18H28N2O4/c1-7-20(18(22)17(12(2)3)19-13(4)21)11-14-8-9-15(23-5)16(10-14)24-6/h8-10,12,17H,7,11H2,1-6H3,(H,19,21). The van der Waals surface area contributed by atoms with E-state index in [0.29, 0.717) is 24.6 Å². The number of rotatable bonds is 8. The predicted octanol–water partition coefficient (Wildman–Crippen LogP) is 2.21. The number of ether oxygens (including phenoxy) is 2. The maximum atomic E-state index is 12.8. The quantitative estimate of drug-likeness (QED) is 0.790. The van der Waals surface area contributed by atoms with Crippen molar-refractivity contribution in [3.8, 4) is 11.5 Å². The number of amides is 2. The summed E-state index contributed by atoms with van der Waals surface area (Å²) in [6.45, 7) is 8.18. The van der Waals surface area contributed by atoms with Crippen LogP contribution < -0.4 is 14.8 Å². The van der Waals surface area contributed by atoms with Crippen molar-refractivity contribution in [3.05, 3.63) is 23.8 Å². The average Bonchev–Trinajstić information content (AvgIpc) is 2.56. The zero-order valence-corrected chi connectivity index (χ0v) is 15.4. The molecule has 134 valence electrons. The van der Waals surface area contributed by atoms with Crippen LogP contribution in [0.5, 0.6) is 11.5 Å². The lowest BCUT2D eigenvalue weighted by Crippen LogP contribution is -2.50. The molecule has 1 rings (SSSR count). The Morgan fingerprint density at radius 3 is 2.25 bits per heavy atom. The Balaban J connectivity index is 2.96. The maximum Gasteiger partial charge on any atom is 0.245 e. The van der Waals surface area contributed by atoms with Crippen molar-refractivity contribution in [2.24, 2.45) is 5.92 Å². The summed E-state index contributed by atoms with van der Waals surface area (Å²) < 4.78 is 10.5. The number of carbonyl (C=O) groups excluding carboxylic acids is 2. The minimum atomic E-state index is -0.525. The zero-order chi connectivity index (χ0) is 18.3. The normalized spacial score (nSPS) is 11.8. The fourth-order valence-corrected chi connectivity index (χ4v) is 2.47. The largest absolute Gasteiger partial charge is 0.493 e. The molecule has 0 spiro atoms. The van der Waals surface area contributed by atoms with Crippen LogP contribution in [0.2, 0.25) is 0 Å². The third-order valence-electron chi connectivity index (χ3n) is 3.81. The summed E-state index contributed by atoms with van der Waals surface area (Å²) in [6.07, 6.45) is 0. The van der Waals surface area contributed by atoms with Gasteiger partial charge in [0.15, 0.2) is 11.5 Å². The summed E-state index contributed by atoms with van der Waals surface area (Å²) >= 11 is 0. The second kappa shape index (κ2) is 9.15. The molecule has 0 heterocycles. The molecule has 6 nitrogen and oxygen atoms in total. The van der Waals surface area contributed by atoms with E-state index in [0.717, 1.165) is 5.56 Å². The molecular formula is C18H28N2O4. The van der Waals surface area contributed by atoms with E-state index < -0.39 is 6.04 Å². The fraction of sp³-hybridized carbons (Fsp3) is 0.556. The molecule has 0 saturated carbocycles. The lowest BCUT2D eigenvalue weighted by molar-refractivity contribution is -0.137. The second-order valence-corrected chi connectivity index (χ2v) is 5.96. The number of hydrogen-bond donors (Lipinski definition) is 1. The highest BCUT2D eigenvalue weighted by atomic mass is 16.5. The van der Waals surface area contributed by atoms with Crippen LogP contribution in [-0.4, -0.2) is 43.5 Å². The number of nitrogens with zero attached hydrogens (tertiary/aromatic N) is 1. The lowest BCUT2D eigenvalue weighted by Gasteiger charge is -2.29. The van der Waals surface area contributed by atoms with E-state index in [2.05, 4.69) is 5.32 Å². The number of benzene rings is 1. The van der Waals surface area contributed by atoms with Gasteiger partial charge in [-0.1, -0.05) is 19.9 Å². The first-order valence-corrected chi connectivity index (χ1v) is 8.10. The van der Waals surface area contributed by atoms with Crippen molar-refractivity contribution in [1.29, 1.82) is 0 Å². The van der Waals surface area contributed by atoms with Gasteiger partial charge in [0, 0.05) is 20.0 Å². The van der Waals surface area contributed by atoms with Gasteiger partial charge in [-0.25, -0.2) is 0 Å². The van der Waals surface area contributed by atoms with Crippen LogP contribution in [0.1, 0.15) is 33.3 Å². The number of methoxy groups -OCH3 is 2. The van der Waals surface area contributed by atoms with Gasteiger partial charge in [0.25, 0.3) is 0 Å². The maximum absolute atomic E-state index is 12.8. The van der Waals surface area contributed by atoms with E-state index in [1.807, 2.05) is 39.0 Å². The van der Waals surface area contributed by atoms with Gasteiger partial charge in [0.2, 0.25) is 11.8 Å². The summed E-state index contributed by atoms with van der Waals surface area (Å²) in [5.41, 5.74) is 0.938. The molecule has 2 amide bonds. The van der Waals surface area contributed by atoms with Gasteiger partial charge in [-0.05, 0) is 30.5 Å². The summed E-state index contributed by atoms with van der Waals surface area (Å²) in [7, 11) is 3.16. The Kier molecular flexibility index (Phi) is 7.55. The van der Waals surface area contributed by atoms with Crippen LogP contribution in [0.25, 0.3) is 0 Å². The molecular weight excluding hydrogens is 308 g/mol. The van der Waals surface area contributed by atoms with Crippen molar-refractivity contribution in [2.45, 2.75) is 40.3 Å². The van der Waals surface area contributed by atoms with Crippen LogP contribution in [0, 0.1) is 5.92 Å². The highest BCUT2D eigenvalue weighted by Gasteiger charge is 2.27. The molecule has 0 saturated heterocycles. The summed E-state index contributed by atoms with van der Waals surface area (Å²) in [6, 6.07) is 5.06. The average molecular weight is 336 g/mol. The molecule has 6 heteroatoms. The summed E-state index contributed by atoms with van der Waals surface area (Å²) in [4.78, 5) is 25.9. The predicted molar refractivity (Wildman–Crippen MR) is 93.1 cm³/mol. The molecule has 0 fully saturated rings. The van der Waals surface area contributed by atoms with Crippen LogP contribution in [0.4, 0.5) is 0 Å². The molecule has 1 unspecified atom stereocenters. The molecule has 0 aliphatic carbocycles. The Labute approximate surface area is 144 Å². The van der Waals surface area contributed by atoms with Crippen molar-refractivity contribution in [2.75, 3.05) is 20.8 Å². The Hall–Kier alpha value is -2.24. The van der Waals surface area contributed by atoms with Gasteiger partial charge < -0.3 is 19.7 Å². The van der Waals surface area contributed by atoms with E-state index in [9.17, 15) is 9.59 Å². The fourth-order valence-electron chi connectivity index (χ4n) is 2.47. The molecule has 1 N–H and O–H groups in total. The minimum absolute atomic E-state index is 0.0147. The number of carbonyl (C=O) groups is 2. The van der Waals surface area contributed by atoms with Gasteiger partial charge in [0.1, 0.15) is 6.04 Å². The first-order valence-electron chi connectivity index (χ1n) is 8.10. The molecule has 0 radical (unpaired) electrons. The van der Waals surface area contributed by atoms with E-state index in [1.54, 1.807) is 19.1 Å². The first kappa shape index (κ1) is 19.8. The van der Waals surface area contributed by atoms with E-state index in [-0.39, 0.29) is 17.7 Å². The molecule has 0 bridgehead atoms. The minimum Gasteiger partial charge on any atom is -0.493 e. The molecule has 1 aromatic rings. The molecule has 1 atom stereocenters. The van der Waals surface area contributed by atoms with Gasteiger partial charge in [-0.2, -0.15) is 0 Å². The number of likely N-dealkylation sites (N-methyl/N-ethyl adjacent to an activating group) is 1. The van der Waals surface area contributed by atoms with Crippen LogP contribution in [0.3, 0.4) is 0 Å². The number of nitrogens with one attached hydrogen (secondary N) is 1. The lowest BCUT2D eigenvalue weighted by atomic mass is 10.0. The van der Waals surface area contributed by atoms with E-state index >= 15 is 0 Å². The van der Waals surface area contributed by atoms with Crippen LogP contribution >= 0.6 is 0 Å². The Morgan fingerprint density at radius 1 is 1.17 bits per heavy atom. The van der Waals surface area contributed by atoms with E-state index in [4.69, 9.17) is 9.47 Å². The number of hydrogen-bond acceptors (Lipinski definition) is 4. The Bertz CT molecular complexity index is 572.